The largest absolute Gasteiger partial charge is 0.376 e. The number of nitrogens with zero attached hydrogens (tertiary/aromatic N) is 2. The van der Waals surface area contributed by atoms with E-state index in [9.17, 15) is 4.79 Å². The summed E-state index contributed by atoms with van der Waals surface area (Å²) in [5.41, 5.74) is 0.923. The first-order valence-electron chi connectivity index (χ1n) is 5.62. The Kier molecular flexibility index (Phi) is 3.56. The zero-order chi connectivity index (χ0) is 11.4. The summed E-state index contributed by atoms with van der Waals surface area (Å²) < 4.78 is 7.06. The Hall–Kier alpha value is -1.36. The van der Waals surface area contributed by atoms with Gasteiger partial charge in [0, 0.05) is 19.3 Å². The summed E-state index contributed by atoms with van der Waals surface area (Å²) >= 11 is 0. The molecule has 1 amide bonds. The van der Waals surface area contributed by atoms with Gasteiger partial charge in [-0.3, -0.25) is 9.48 Å². The van der Waals surface area contributed by atoms with Gasteiger partial charge in [-0.1, -0.05) is 0 Å². The molecule has 2 rings (SSSR count). The summed E-state index contributed by atoms with van der Waals surface area (Å²) in [6.07, 6.45) is 4.14. The van der Waals surface area contributed by atoms with Crippen LogP contribution in [0.4, 0.5) is 0 Å². The topological polar surface area (TPSA) is 56.2 Å². The minimum absolute atomic E-state index is 0.0152. The summed E-state index contributed by atoms with van der Waals surface area (Å²) in [4.78, 5) is 11.6. The van der Waals surface area contributed by atoms with Crippen LogP contribution in [0.1, 0.15) is 18.5 Å². The van der Waals surface area contributed by atoms with Gasteiger partial charge in [-0.2, -0.15) is 5.10 Å². The highest BCUT2D eigenvalue weighted by Crippen LogP contribution is 2.10. The molecule has 0 aromatic carbocycles. The van der Waals surface area contributed by atoms with Gasteiger partial charge in [0.1, 0.15) is 6.54 Å². The van der Waals surface area contributed by atoms with Crippen LogP contribution in [0.5, 0.6) is 0 Å². The number of carbonyl (C=O) groups excluding carboxylic acids is 1. The van der Waals surface area contributed by atoms with Gasteiger partial charge in [0.05, 0.1) is 11.8 Å². The minimum Gasteiger partial charge on any atom is -0.376 e. The van der Waals surface area contributed by atoms with Crippen molar-refractivity contribution in [3.63, 3.8) is 0 Å². The van der Waals surface area contributed by atoms with Crippen LogP contribution in [0, 0.1) is 6.92 Å². The van der Waals surface area contributed by atoms with Crippen LogP contribution in [-0.4, -0.2) is 34.9 Å². The fraction of sp³-hybridized carbons (Fsp3) is 0.636. The van der Waals surface area contributed by atoms with Crippen LogP contribution in [0.2, 0.25) is 0 Å². The Labute approximate surface area is 94.8 Å². The lowest BCUT2D eigenvalue weighted by molar-refractivity contribution is -0.122. The maximum absolute atomic E-state index is 11.6. The Bertz CT molecular complexity index is 356. The van der Waals surface area contributed by atoms with Gasteiger partial charge >= 0.3 is 0 Å². The van der Waals surface area contributed by atoms with Gasteiger partial charge in [-0.05, 0) is 25.8 Å². The molecular weight excluding hydrogens is 206 g/mol. The van der Waals surface area contributed by atoms with Crippen LogP contribution in [0.25, 0.3) is 0 Å². The van der Waals surface area contributed by atoms with E-state index in [1.54, 1.807) is 10.9 Å². The SMILES string of the molecule is Cc1ccn(CC(=O)NCC2CCCO2)n1. The molecule has 16 heavy (non-hydrogen) atoms. The quantitative estimate of drug-likeness (QED) is 0.808. The fourth-order valence-corrected chi connectivity index (χ4v) is 1.79. The second-order valence-corrected chi connectivity index (χ2v) is 4.09. The van der Waals surface area contributed by atoms with E-state index in [2.05, 4.69) is 10.4 Å². The molecule has 1 atom stereocenters. The van der Waals surface area contributed by atoms with E-state index in [4.69, 9.17) is 4.74 Å². The summed E-state index contributed by atoms with van der Waals surface area (Å²) in [5.74, 6) is -0.0152. The van der Waals surface area contributed by atoms with Crippen LogP contribution in [-0.2, 0) is 16.1 Å². The zero-order valence-corrected chi connectivity index (χ0v) is 9.48. The van der Waals surface area contributed by atoms with Crippen molar-refractivity contribution in [3.8, 4) is 0 Å². The van der Waals surface area contributed by atoms with E-state index in [0.717, 1.165) is 25.1 Å². The van der Waals surface area contributed by atoms with Gasteiger partial charge in [-0.25, -0.2) is 0 Å². The normalized spacial score (nSPS) is 19.9. The summed E-state index contributed by atoms with van der Waals surface area (Å²) in [7, 11) is 0. The lowest BCUT2D eigenvalue weighted by atomic mass is 10.2. The van der Waals surface area contributed by atoms with E-state index in [-0.39, 0.29) is 18.6 Å². The number of amides is 1. The van der Waals surface area contributed by atoms with Crippen molar-refractivity contribution >= 4 is 5.91 Å². The molecule has 0 radical (unpaired) electrons. The smallest absolute Gasteiger partial charge is 0.241 e. The third-order valence-electron chi connectivity index (χ3n) is 2.63. The first-order chi connectivity index (χ1) is 7.74. The molecule has 0 spiro atoms. The van der Waals surface area contributed by atoms with Crippen molar-refractivity contribution in [2.45, 2.75) is 32.4 Å². The molecule has 0 bridgehead atoms. The number of nitrogens with one attached hydrogen (secondary N) is 1. The summed E-state index contributed by atoms with van der Waals surface area (Å²) in [6.45, 7) is 3.61. The molecule has 1 aliphatic heterocycles. The molecule has 1 N–H and O–H groups in total. The lowest BCUT2D eigenvalue weighted by Gasteiger charge is -2.10. The average molecular weight is 223 g/mol. The standard InChI is InChI=1S/C11H17N3O2/c1-9-4-5-14(13-9)8-11(15)12-7-10-3-2-6-16-10/h4-5,10H,2-3,6-8H2,1H3,(H,12,15). The monoisotopic (exact) mass is 223 g/mol. The second-order valence-electron chi connectivity index (χ2n) is 4.09. The second kappa shape index (κ2) is 5.12. The van der Waals surface area contributed by atoms with Gasteiger partial charge in [0.15, 0.2) is 0 Å². The predicted molar refractivity (Wildman–Crippen MR) is 58.9 cm³/mol. The molecule has 1 aliphatic rings. The van der Waals surface area contributed by atoms with E-state index in [0.29, 0.717) is 6.54 Å². The van der Waals surface area contributed by atoms with Crippen molar-refractivity contribution in [1.29, 1.82) is 0 Å². The van der Waals surface area contributed by atoms with E-state index < -0.39 is 0 Å². The van der Waals surface area contributed by atoms with E-state index in [1.165, 1.54) is 0 Å². The van der Waals surface area contributed by atoms with Gasteiger partial charge in [0.2, 0.25) is 5.91 Å². The van der Waals surface area contributed by atoms with Gasteiger partial charge in [-0.15, -0.1) is 0 Å². The summed E-state index contributed by atoms with van der Waals surface area (Å²) in [5, 5.41) is 7.01. The number of aromatic nitrogens is 2. The van der Waals surface area contributed by atoms with Crippen molar-refractivity contribution < 1.29 is 9.53 Å². The van der Waals surface area contributed by atoms with Crippen molar-refractivity contribution in [2.75, 3.05) is 13.2 Å². The Morgan fingerprint density at radius 2 is 2.62 bits per heavy atom. The maximum Gasteiger partial charge on any atom is 0.241 e. The van der Waals surface area contributed by atoms with Gasteiger partial charge in [0.25, 0.3) is 0 Å². The number of hydrogen-bond donors (Lipinski definition) is 1. The number of carbonyl (C=O) groups is 1. The third-order valence-corrected chi connectivity index (χ3v) is 2.63. The highest BCUT2D eigenvalue weighted by atomic mass is 16.5. The molecular formula is C11H17N3O2. The molecule has 1 aromatic rings. The van der Waals surface area contributed by atoms with Crippen LogP contribution >= 0.6 is 0 Å². The molecule has 0 saturated carbocycles. The molecule has 1 unspecified atom stereocenters. The summed E-state index contributed by atoms with van der Waals surface area (Å²) in [6, 6.07) is 1.88. The number of hydrogen-bond acceptors (Lipinski definition) is 3. The van der Waals surface area contributed by atoms with E-state index >= 15 is 0 Å². The molecule has 2 heterocycles. The average Bonchev–Trinajstić information content (AvgIpc) is 2.87. The predicted octanol–water partition coefficient (Wildman–Crippen LogP) is 0.487. The Morgan fingerprint density at radius 3 is 3.25 bits per heavy atom. The molecule has 5 nitrogen and oxygen atoms in total. The highest BCUT2D eigenvalue weighted by Gasteiger charge is 2.16. The van der Waals surface area contributed by atoms with Gasteiger partial charge < -0.3 is 10.1 Å². The van der Waals surface area contributed by atoms with Crippen molar-refractivity contribution in [1.82, 2.24) is 15.1 Å². The number of ether oxygens (including phenoxy) is 1. The van der Waals surface area contributed by atoms with E-state index in [1.807, 2.05) is 13.0 Å². The molecule has 0 aliphatic carbocycles. The molecule has 1 fully saturated rings. The van der Waals surface area contributed by atoms with Crippen LogP contribution < -0.4 is 5.32 Å². The molecule has 5 heteroatoms. The lowest BCUT2D eigenvalue weighted by Crippen LogP contribution is -2.34. The number of aryl methyl sites for hydroxylation is 1. The first kappa shape index (κ1) is 11.1. The van der Waals surface area contributed by atoms with Crippen LogP contribution in [0.3, 0.4) is 0 Å². The fourth-order valence-electron chi connectivity index (χ4n) is 1.79. The van der Waals surface area contributed by atoms with Crippen LogP contribution in [0.15, 0.2) is 12.3 Å². The Balaban J connectivity index is 1.71. The Morgan fingerprint density at radius 1 is 1.75 bits per heavy atom. The maximum atomic E-state index is 11.6. The molecule has 1 saturated heterocycles. The van der Waals surface area contributed by atoms with Crippen molar-refractivity contribution in [2.24, 2.45) is 0 Å². The highest BCUT2D eigenvalue weighted by molar-refractivity contribution is 5.75. The zero-order valence-electron chi connectivity index (χ0n) is 9.48. The minimum atomic E-state index is -0.0152. The first-order valence-corrected chi connectivity index (χ1v) is 5.62. The third kappa shape index (κ3) is 3.06. The number of rotatable bonds is 4. The van der Waals surface area contributed by atoms with Crippen molar-refractivity contribution in [3.05, 3.63) is 18.0 Å². The molecule has 88 valence electrons. The molecule has 1 aromatic heterocycles.